The van der Waals surface area contributed by atoms with Crippen molar-refractivity contribution in [3.8, 4) is 0 Å². The molecule has 4 N–H and O–H groups in total. The number of aryl methyl sites for hydroxylation is 1. The molecule has 31 heavy (non-hydrogen) atoms. The van der Waals surface area contributed by atoms with Crippen molar-refractivity contribution >= 4 is 50.3 Å². The van der Waals surface area contributed by atoms with Gasteiger partial charge in [0.25, 0.3) is 0 Å². The summed E-state index contributed by atoms with van der Waals surface area (Å²) in [5.74, 6) is 0.827. The zero-order valence-electron chi connectivity index (χ0n) is 17.6. The number of nitrogens with zero attached hydrogens (tertiary/aromatic N) is 3. The van der Waals surface area contributed by atoms with Gasteiger partial charge in [-0.25, -0.2) is 18.4 Å². The fraction of sp³-hybridized carbons (Fsp3) is 0.238. The highest BCUT2D eigenvalue weighted by Gasteiger charge is 2.21. The lowest BCUT2D eigenvalue weighted by atomic mass is 10.2. The summed E-state index contributed by atoms with van der Waals surface area (Å²) in [4.78, 5) is 8.62. The Bertz CT molecular complexity index is 1160. The van der Waals surface area contributed by atoms with Crippen molar-refractivity contribution in [1.82, 2.24) is 14.3 Å². The molecule has 3 aromatic rings. The van der Waals surface area contributed by atoms with Gasteiger partial charge >= 0.3 is 0 Å². The van der Waals surface area contributed by atoms with Gasteiger partial charge in [0.1, 0.15) is 12.0 Å². The second kappa shape index (κ2) is 9.51. The second-order valence-corrected chi connectivity index (χ2v) is 9.16. The average Bonchev–Trinajstić information content (AvgIpc) is 2.75. The summed E-state index contributed by atoms with van der Waals surface area (Å²) in [5, 5.41) is 6.87. The Morgan fingerprint density at radius 1 is 0.968 bits per heavy atom. The van der Waals surface area contributed by atoms with E-state index in [0.717, 1.165) is 11.3 Å². The maximum atomic E-state index is 12.6. The molecular weight excluding hydrogens is 436 g/mol. The highest BCUT2D eigenvalue weighted by atomic mass is 35.5. The van der Waals surface area contributed by atoms with Gasteiger partial charge in [-0.15, -0.1) is 0 Å². The van der Waals surface area contributed by atoms with Gasteiger partial charge in [0.05, 0.1) is 4.90 Å². The molecular formula is C21H25ClN6O2S. The van der Waals surface area contributed by atoms with Crippen LogP contribution < -0.4 is 16.4 Å². The lowest BCUT2D eigenvalue weighted by Gasteiger charge is -2.18. The molecule has 0 unspecified atom stereocenters. The fourth-order valence-electron chi connectivity index (χ4n) is 2.96. The van der Waals surface area contributed by atoms with Gasteiger partial charge in [0, 0.05) is 29.5 Å². The second-order valence-electron chi connectivity index (χ2n) is 6.81. The predicted octanol–water partition coefficient (Wildman–Crippen LogP) is 4.54. The molecule has 0 saturated heterocycles. The van der Waals surface area contributed by atoms with E-state index in [1.807, 2.05) is 32.9 Å². The maximum Gasteiger partial charge on any atom is 0.243 e. The molecule has 0 aliphatic heterocycles. The summed E-state index contributed by atoms with van der Waals surface area (Å²) in [6.45, 7) is 6.37. The molecule has 1 heterocycles. The number of aromatic nitrogens is 2. The summed E-state index contributed by atoms with van der Waals surface area (Å²) < 4.78 is 26.7. The number of nitrogens with one attached hydrogen (secondary N) is 2. The Morgan fingerprint density at radius 2 is 1.52 bits per heavy atom. The standard InChI is InChI=1S/C21H25ClN6O2S/c1-4-28(5-2)31(29,30)17-10-8-15(9-11-17)26-20-19(23)21(25-13-24-20)27-16-7-6-14(3)18(22)12-16/h6-13H,4-5,23H2,1-3H3,(H2,24,25,26,27). The smallest absolute Gasteiger partial charge is 0.243 e. The van der Waals surface area contributed by atoms with Crippen molar-refractivity contribution < 1.29 is 8.42 Å². The third-order valence-corrected chi connectivity index (χ3v) is 7.25. The van der Waals surface area contributed by atoms with Crippen LogP contribution in [-0.2, 0) is 10.0 Å². The van der Waals surface area contributed by atoms with Crippen LogP contribution in [0, 0.1) is 6.92 Å². The summed E-state index contributed by atoms with van der Waals surface area (Å²) >= 11 is 6.18. The lowest BCUT2D eigenvalue weighted by Crippen LogP contribution is -2.30. The Hall–Kier alpha value is -2.88. The number of sulfonamides is 1. The molecule has 2 aromatic carbocycles. The minimum absolute atomic E-state index is 0.232. The van der Waals surface area contributed by atoms with Gasteiger partial charge in [-0.1, -0.05) is 31.5 Å². The molecule has 0 spiro atoms. The van der Waals surface area contributed by atoms with Gasteiger partial charge in [-0.05, 0) is 48.9 Å². The van der Waals surface area contributed by atoms with Gasteiger partial charge in [-0.2, -0.15) is 4.31 Å². The van der Waals surface area contributed by atoms with Crippen LogP contribution in [-0.4, -0.2) is 35.8 Å². The molecule has 0 bridgehead atoms. The number of hydrogen-bond donors (Lipinski definition) is 3. The molecule has 0 amide bonds. The fourth-order valence-corrected chi connectivity index (χ4v) is 4.60. The van der Waals surface area contributed by atoms with E-state index in [2.05, 4.69) is 20.6 Å². The Labute approximate surface area is 187 Å². The molecule has 1 aromatic heterocycles. The number of rotatable bonds is 8. The highest BCUT2D eigenvalue weighted by Crippen LogP contribution is 2.30. The van der Waals surface area contributed by atoms with E-state index in [4.69, 9.17) is 17.3 Å². The first-order valence-electron chi connectivity index (χ1n) is 9.77. The van der Waals surface area contributed by atoms with Crippen molar-refractivity contribution in [3.63, 3.8) is 0 Å². The number of halogens is 1. The van der Waals surface area contributed by atoms with Crippen LogP contribution in [0.15, 0.2) is 53.7 Å². The first-order valence-corrected chi connectivity index (χ1v) is 11.6. The Kier molecular flexibility index (Phi) is 6.99. The van der Waals surface area contributed by atoms with Crippen LogP contribution in [0.1, 0.15) is 19.4 Å². The summed E-state index contributed by atoms with van der Waals surface area (Å²) in [6.07, 6.45) is 1.38. The van der Waals surface area contributed by atoms with E-state index in [0.29, 0.717) is 41.1 Å². The molecule has 8 nitrogen and oxygen atoms in total. The normalized spacial score (nSPS) is 11.5. The van der Waals surface area contributed by atoms with Crippen LogP contribution in [0.4, 0.5) is 28.7 Å². The van der Waals surface area contributed by atoms with E-state index in [9.17, 15) is 8.42 Å². The first kappa shape index (κ1) is 22.8. The van der Waals surface area contributed by atoms with Gasteiger partial charge in [0.15, 0.2) is 11.6 Å². The molecule has 10 heteroatoms. The van der Waals surface area contributed by atoms with Crippen LogP contribution in [0.3, 0.4) is 0 Å². The third kappa shape index (κ3) is 5.07. The van der Waals surface area contributed by atoms with E-state index in [1.54, 1.807) is 30.3 Å². The van der Waals surface area contributed by atoms with Crippen molar-refractivity contribution in [2.75, 3.05) is 29.5 Å². The number of hydrogen-bond acceptors (Lipinski definition) is 7. The van der Waals surface area contributed by atoms with Gasteiger partial charge < -0.3 is 16.4 Å². The molecule has 0 fully saturated rings. The summed E-state index contributed by atoms with van der Waals surface area (Å²) in [7, 11) is -3.51. The molecule has 0 aliphatic rings. The minimum atomic E-state index is -3.51. The molecule has 164 valence electrons. The largest absolute Gasteiger partial charge is 0.393 e. The van der Waals surface area contributed by atoms with Crippen LogP contribution >= 0.6 is 11.6 Å². The predicted molar refractivity (Wildman–Crippen MR) is 126 cm³/mol. The van der Waals surface area contributed by atoms with Crippen molar-refractivity contribution in [1.29, 1.82) is 0 Å². The lowest BCUT2D eigenvalue weighted by molar-refractivity contribution is 0.445. The molecule has 0 saturated carbocycles. The van der Waals surface area contributed by atoms with E-state index in [-0.39, 0.29) is 4.90 Å². The number of benzene rings is 2. The van der Waals surface area contributed by atoms with Gasteiger partial charge in [-0.3, -0.25) is 0 Å². The maximum absolute atomic E-state index is 12.6. The molecule has 0 radical (unpaired) electrons. The monoisotopic (exact) mass is 460 g/mol. The molecule has 3 rings (SSSR count). The van der Waals surface area contributed by atoms with Crippen molar-refractivity contribution in [2.24, 2.45) is 0 Å². The third-order valence-electron chi connectivity index (χ3n) is 4.78. The quantitative estimate of drug-likeness (QED) is 0.452. The SMILES string of the molecule is CCN(CC)S(=O)(=O)c1ccc(Nc2ncnc(Nc3ccc(C)c(Cl)c3)c2N)cc1. The highest BCUT2D eigenvalue weighted by molar-refractivity contribution is 7.89. The van der Waals surface area contributed by atoms with Crippen LogP contribution in [0.25, 0.3) is 0 Å². The zero-order chi connectivity index (χ0) is 22.6. The van der Waals surface area contributed by atoms with Crippen LogP contribution in [0.5, 0.6) is 0 Å². The molecule has 0 atom stereocenters. The Morgan fingerprint density at radius 3 is 2.06 bits per heavy atom. The first-order chi connectivity index (χ1) is 14.8. The summed E-state index contributed by atoms with van der Waals surface area (Å²) in [6, 6.07) is 12.0. The Balaban J connectivity index is 1.80. The summed E-state index contributed by atoms with van der Waals surface area (Å²) in [5.41, 5.74) is 8.92. The van der Waals surface area contributed by atoms with Crippen molar-refractivity contribution in [2.45, 2.75) is 25.7 Å². The topological polar surface area (TPSA) is 113 Å². The van der Waals surface area contributed by atoms with Crippen molar-refractivity contribution in [3.05, 3.63) is 59.4 Å². The number of nitrogen functional groups attached to an aromatic ring is 1. The van der Waals surface area contributed by atoms with Gasteiger partial charge in [0.2, 0.25) is 10.0 Å². The van der Waals surface area contributed by atoms with E-state index < -0.39 is 10.0 Å². The van der Waals surface area contributed by atoms with E-state index >= 15 is 0 Å². The zero-order valence-corrected chi connectivity index (χ0v) is 19.1. The molecule has 0 aliphatic carbocycles. The minimum Gasteiger partial charge on any atom is -0.393 e. The number of anilines is 5. The van der Waals surface area contributed by atoms with E-state index in [1.165, 1.54) is 10.6 Å². The van der Waals surface area contributed by atoms with Crippen LogP contribution in [0.2, 0.25) is 5.02 Å². The number of nitrogens with two attached hydrogens (primary N) is 1. The average molecular weight is 461 g/mol.